The first-order chi connectivity index (χ1) is 6.20. The summed E-state index contributed by atoms with van der Waals surface area (Å²) in [5.41, 5.74) is 0. The van der Waals surface area contributed by atoms with E-state index in [2.05, 4.69) is 0 Å². The summed E-state index contributed by atoms with van der Waals surface area (Å²) in [6.45, 7) is 0. The molecule has 3 aliphatic heterocycles. The lowest BCUT2D eigenvalue weighted by Crippen LogP contribution is -2.30. The average Bonchev–Trinajstić information content (AvgIpc) is 2.76. The fourth-order valence-corrected chi connectivity index (χ4v) is 2.45. The van der Waals surface area contributed by atoms with Gasteiger partial charge in [0.15, 0.2) is 0 Å². The van der Waals surface area contributed by atoms with Gasteiger partial charge in [0.25, 0.3) is 0 Å². The van der Waals surface area contributed by atoms with Crippen molar-refractivity contribution in [1.82, 2.24) is 4.90 Å². The molecule has 3 aliphatic rings. The van der Waals surface area contributed by atoms with E-state index < -0.39 is 0 Å². The SMILES string of the molecule is CN1C(=O)[C@@H]2[C@H](C1=O)[C@H]1C=C[C@H]2O1. The zero-order valence-electron chi connectivity index (χ0n) is 7.14. The second-order valence-corrected chi connectivity index (χ2v) is 3.74. The molecule has 4 nitrogen and oxygen atoms in total. The van der Waals surface area contributed by atoms with Crippen LogP contribution in [0.2, 0.25) is 0 Å². The van der Waals surface area contributed by atoms with Crippen LogP contribution in [0.15, 0.2) is 12.2 Å². The molecule has 4 heteroatoms. The smallest absolute Gasteiger partial charge is 0.235 e. The third-order valence-electron chi connectivity index (χ3n) is 3.13. The quantitative estimate of drug-likeness (QED) is 0.374. The van der Waals surface area contributed by atoms with Gasteiger partial charge in [0.1, 0.15) is 0 Å². The van der Waals surface area contributed by atoms with Crippen LogP contribution in [-0.4, -0.2) is 36.0 Å². The van der Waals surface area contributed by atoms with Gasteiger partial charge >= 0.3 is 0 Å². The highest BCUT2D eigenvalue weighted by atomic mass is 16.5. The van der Waals surface area contributed by atoms with E-state index >= 15 is 0 Å². The summed E-state index contributed by atoms with van der Waals surface area (Å²) in [6, 6.07) is 0. The minimum Gasteiger partial charge on any atom is -0.365 e. The molecule has 0 aromatic rings. The van der Waals surface area contributed by atoms with E-state index in [1.807, 2.05) is 12.2 Å². The van der Waals surface area contributed by atoms with E-state index in [4.69, 9.17) is 4.74 Å². The molecule has 0 spiro atoms. The monoisotopic (exact) mass is 179 g/mol. The van der Waals surface area contributed by atoms with Gasteiger partial charge in [-0.1, -0.05) is 12.2 Å². The highest BCUT2D eigenvalue weighted by Crippen LogP contribution is 2.44. The van der Waals surface area contributed by atoms with Gasteiger partial charge in [0.05, 0.1) is 24.0 Å². The molecule has 4 atom stereocenters. The van der Waals surface area contributed by atoms with Crippen molar-refractivity contribution in [3.05, 3.63) is 12.2 Å². The zero-order valence-corrected chi connectivity index (χ0v) is 7.14. The fraction of sp³-hybridized carbons (Fsp3) is 0.556. The van der Waals surface area contributed by atoms with Gasteiger partial charge in [-0.15, -0.1) is 0 Å². The van der Waals surface area contributed by atoms with E-state index in [0.717, 1.165) is 0 Å². The summed E-state index contributed by atoms with van der Waals surface area (Å²) in [7, 11) is 1.54. The summed E-state index contributed by atoms with van der Waals surface area (Å²) in [6.07, 6.45) is 3.46. The van der Waals surface area contributed by atoms with Gasteiger partial charge in [0.2, 0.25) is 11.8 Å². The molecule has 3 heterocycles. The number of ether oxygens (including phenoxy) is 1. The molecule has 0 aliphatic carbocycles. The van der Waals surface area contributed by atoms with Crippen molar-refractivity contribution in [3.63, 3.8) is 0 Å². The molecule has 0 saturated carbocycles. The maximum Gasteiger partial charge on any atom is 0.235 e. The standard InChI is InChI=1S/C9H9NO3/c1-10-8(11)6-4-2-3-5(13-4)7(6)9(10)12/h2-7H,1H3/t4-,5-,6-,7+/m1/s1. The maximum atomic E-state index is 11.6. The number of likely N-dealkylation sites (tertiary alicyclic amines) is 1. The van der Waals surface area contributed by atoms with E-state index in [-0.39, 0.29) is 35.9 Å². The number of nitrogens with zero attached hydrogens (tertiary/aromatic N) is 1. The second-order valence-electron chi connectivity index (χ2n) is 3.74. The van der Waals surface area contributed by atoms with Crippen molar-refractivity contribution in [2.45, 2.75) is 12.2 Å². The first kappa shape index (κ1) is 7.26. The van der Waals surface area contributed by atoms with Crippen LogP contribution >= 0.6 is 0 Å². The topological polar surface area (TPSA) is 46.6 Å². The number of carbonyl (C=O) groups excluding carboxylic acids is 2. The third kappa shape index (κ3) is 0.659. The van der Waals surface area contributed by atoms with Crippen LogP contribution in [0.4, 0.5) is 0 Å². The Morgan fingerprint density at radius 2 is 1.62 bits per heavy atom. The lowest BCUT2D eigenvalue weighted by molar-refractivity contribution is -0.140. The Hall–Kier alpha value is -1.16. The minimum atomic E-state index is -0.243. The summed E-state index contributed by atoms with van der Waals surface area (Å²) in [5.74, 6) is -0.668. The summed E-state index contributed by atoms with van der Waals surface area (Å²) < 4.78 is 5.45. The van der Waals surface area contributed by atoms with E-state index in [1.54, 1.807) is 7.05 Å². The van der Waals surface area contributed by atoms with Gasteiger partial charge in [-0.3, -0.25) is 14.5 Å². The van der Waals surface area contributed by atoms with Crippen molar-refractivity contribution in [1.29, 1.82) is 0 Å². The highest BCUT2D eigenvalue weighted by molar-refractivity contribution is 6.06. The number of rotatable bonds is 0. The Balaban J connectivity index is 2.08. The Kier molecular flexibility index (Phi) is 1.12. The number of hydrogen-bond acceptors (Lipinski definition) is 3. The second kappa shape index (κ2) is 2.01. The van der Waals surface area contributed by atoms with Crippen LogP contribution in [0.3, 0.4) is 0 Å². The largest absolute Gasteiger partial charge is 0.365 e. The molecule has 3 rings (SSSR count). The van der Waals surface area contributed by atoms with Gasteiger partial charge < -0.3 is 4.74 Å². The Morgan fingerprint density at radius 3 is 2.08 bits per heavy atom. The number of hydrogen-bond donors (Lipinski definition) is 0. The lowest BCUT2D eigenvalue weighted by atomic mass is 9.85. The Morgan fingerprint density at radius 1 is 1.15 bits per heavy atom. The molecule has 2 bridgehead atoms. The molecule has 0 N–H and O–H groups in total. The average molecular weight is 179 g/mol. The first-order valence-corrected chi connectivity index (χ1v) is 4.35. The van der Waals surface area contributed by atoms with Crippen molar-refractivity contribution in [3.8, 4) is 0 Å². The highest BCUT2D eigenvalue weighted by Gasteiger charge is 2.59. The van der Waals surface area contributed by atoms with Gasteiger partial charge in [-0.05, 0) is 0 Å². The molecule has 2 fully saturated rings. The number of fused-ring (bicyclic) bond motifs is 5. The molecule has 2 saturated heterocycles. The molecular formula is C9H9NO3. The van der Waals surface area contributed by atoms with Gasteiger partial charge in [-0.25, -0.2) is 0 Å². The van der Waals surface area contributed by atoms with E-state index in [0.29, 0.717) is 0 Å². The number of imide groups is 1. The first-order valence-electron chi connectivity index (χ1n) is 4.35. The van der Waals surface area contributed by atoms with Crippen molar-refractivity contribution in [2.24, 2.45) is 11.8 Å². The molecule has 0 aromatic heterocycles. The Bertz CT molecular complexity index is 306. The number of carbonyl (C=O) groups is 2. The van der Waals surface area contributed by atoms with Crippen molar-refractivity contribution < 1.29 is 14.3 Å². The Labute approximate surface area is 75.1 Å². The third-order valence-corrected chi connectivity index (χ3v) is 3.13. The van der Waals surface area contributed by atoms with Crippen LogP contribution in [0.25, 0.3) is 0 Å². The summed E-state index contributed by atoms with van der Waals surface area (Å²) in [4.78, 5) is 24.4. The fourth-order valence-electron chi connectivity index (χ4n) is 2.45. The van der Waals surface area contributed by atoms with Gasteiger partial charge in [-0.2, -0.15) is 0 Å². The van der Waals surface area contributed by atoms with Crippen LogP contribution in [0, 0.1) is 11.8 Å². The number of amides is 2. The summed E-state index contributed by atoms with van der Waals surface area (Å²) >= 11 is 0. The van der Waals surface area contributed by atoms with E-state index in [1.165, 1.54) is 4.90 Å². The lowest BCUT2D eigenvalue weighted by Gasteiger charge is -2.10. The minimum absolute atomic E-state index is 0.0909. The molecule has 13 heavy (non-hydrogen) atoms. The van der Waals surface area contributed by atoms with Crippen molar-refractivity contribution in [2.75, 3.05) is 7.05 Å². The molecule has 2 amide bonds. The van der Waals surface area contributed by atoms with Crippen LogP contribution in [-0.2, 0) is 14.3 Å². The van der Waals surface area contributed by atoms with Crippen LogP contribution in [0.1, 0.15) is 0 Å². The maximum absolute atomic E-state index is 11.6. The van der Waals surface area contributed by atoms with Crippen molar-refractivity contribution >= 4 is 11.8 Å². The molecular weight excluding hydrogens is 170 g/mol. The molecule has 0 aromatic carbocycles. The predicted octanol–water partition coefficient (Wildman–Crippen LogP) is -0.445. The normalized spacial score (nSPS) is 46.4. The van der Waals surface area contributed by atoms with Crippen LogP contribution in [0.5, 0.6) is 0 Å². The van der Waals surface area contributed by atoms with E-state index in [9.17, 15) is 9.59 Å². The summed E-state index contributed by atoms with van der Waals surface area (Å²) in [5, 5.41) is 0. The molecule has 0 radical (unpaired) electrons. The van der Waals surface area contributed by atoms with Crippen LogP contribution < -0.4 is 0 Å². The predicted molar refractivity (Wildman–Crippen MR) is 42.6 cm³/mol. The van der Waals surface area contributed by atoms with Gasteiger partial charge in [0, 0.05) is 7.05 Å². The molecule has 0 unspecified atom stereocenters. The molecule has 68 valence electrons. The zero-order chi connectivity index (χ0) is 9.16.